The van der Waals surface area contributed by atoms with Crippen LogP contribution in [0.15, 0.2) is 42.6 Å². The molecular weight excluding hydrogens is 254 g/mol. The van der Waals surface area contributed by atoms with Crippen molar-refractivity contribution in [3.05, 3.63) is 59.4 Å². The molecule has 5 heteroatoms. The molecule has 0 aliphatic heterocycles. The SMILES string of the molecule is CN(Cc1ccc(C(=O)O)cn1)c1ccccc1C#N. The van der Waals surface area contributed by atoms with E-state index in [-0.39, 0.29) is 5.56 Å². The summed E-state index contributed by atoms with van der Waals surface area (Å²) in [6, 6.07) is 12.7. The number of carboxylic acid groups (broad SMARTS) is 1. The Morgan fingerprint density at radius 1 is 1.35 bits per heavy atom. The van der Waals surface area contributed by atoms with Crippen molar-refractivity contribution < 1.29 is 9.90 Å². The first-order valence-corrected chi connectivity index (χ1v) is 6.00. The first kappa shape index (κ1) is 13.6. The molecule has 1 heterocycles. The van der Waals surface area contributed by atoms with E-state index < -0.39 is 5.97 Å². The Balaban J connectivity index is 2.17. The number of nitrogens with zero attached hydrogens (tertiary/aromatic N) is 3. The summed E-state index contributed by atoms with van der Waals surface area (Å²) in [6.07, 6.45) is 1.34. The Hall–Kier alpha value is -2.87. The predicted molar refractivity (Wildman–Crippen MR) is 74.5 cm³/mol. The number of hydrogen-bond donors (Lipinski definition) is 1. The van der Waals surface area contributed by atoms with Gasteiger partial charge in [-0.1, -0.05) is 12.1 Å². The zero-order valence-corrected chi connectivity index (χ0v) is 10.9. The van der Waals surface area contributed by atoms with Gasteiger partial charge in [0.05, 0.1) is 29.1 Å². The molecule has 0 bridgehead atoms. The number of benzene rings is 1. The minimum atomic E-state index is -0.993. The van der Waals surface area contributed by atoms with Crippen LogP contribution in [0.3, 0.4) is 0 Å². The maximum atomic E-state index is 10.8. The van der Waals surface area contributed by atoms with Gasteiger partial charge in [0.2, 0.25) is 0 Å². The molecule has 0 aliphatic carbocycles. The molecule has 1 aromatic heterocycles. The molecule has 0 aliphatic rings. The number of rotatable bonds is 4. The van der Waals surface area contributed by atoms with Gasteiger partial charge >= 0.3 is 5.97 Å². The number of hydrogen-bond acceptors (Lipinski definition) is 4. The average molecular weight is 267 g/mol. The fourth-order valence-electron chi connectivity index (χ4n) is 1.87. The van der Waals surface area contributed by atoms with E-state index in [0.717, 1.165) is 11.4 Å². The van der Waals surface area contributed by atoms with Crippen molar-refractivity contribution >= 4 is 11.7 Å². The Morgan fingerprint density at radius 2 is 2.10 bits per heavy atom. The van der Waals surface area contributed by atoms with Gasteiger partial charge in [0.25, 0.3) is 0 Å². The topological polar surface area (TPSA) is 77.2 Å². The second kappa shape index (κ2) is 5.85. The zero-order valence-electron chi connectivity index (χ0n) is 10.9. The summed E-state index contributed by atoms with van der Waals surface area (Å²) < 4.78 is 0. The highest BCUT2D eigenvalue weighted by Crippen LogP contribution is 2.19. The summed E-state index contributed by atoms with van der Waals surface area (Å²) in [5.74, 6) is -0.993. The standard InChI is InChI=1S/C15H13N3O2/c1-18(14-5-3-2-4-11(14)8-16)10-13-7-6-12(9-17-13)15(19)20/h2-7,9H,10H2,1H3,(H,19,20). The zero-order chi connectivity index (χ0) is 14.5. The number of anilines is 1. The van der Waals surface area contributed by atoms with Crippen LogP contribution in [-0.4, -0.2) is 23.1 Å². The van der Waals surface area contributed by atoms with E-state index in [0.29, 0.717) is 12.1 Å². The van der Waals surface area contributed by atoms with Crippen molar-refractivity contribution in [1.29, 1.82) is 5.26 Å². The van der Waals surface area contributed by atoms with Gasteiger partial charge < -0.3 is 10.0 Å². The van der Waals surface area contributed by atoms with Crippen molar-refractivity contribution in [2.75, 3.05) is 11.9 Å². The third-order valence-corrected chi connectivity index (χ3v) is 2.91. The van der Waals surface area contributed by atoms with Gasteiger partial charge in [-0.3, -0.25) is 4.98 Å². The third kappa shape index (κ3) is 2.93. The Kier molecular flexibility index (Phi) is 3.96. The molecule has 0 spiro atoms. The average Bonchev–Trinajstić information content (AvgIpc) is 2.47. The fourth-order valence-corrected chi connectivity index (χ4v) is 1.87. The summed E-state index contributed by atoms with van der Waals surface area (Å²) in [5.41, 5.74) is 2.32. The maximum Gasteiger partial charge on any atom is 0.337 e. The van der Waals surface area contributed by atoms with E-state index >= 15 is 0 Å². The summed E-state index contributed by atoms with van der Waals surface area (Å²) in [7, 11) is 1.86. The molecule has 0 amide bonds. The molecule has 100 valence electrons. The summed E-state index contributed by atoms with van der Waals surface area (Å²) in [4.78, 5) is 16.8. The number of pyridine rings is 1. The molecule has 0 saturated heterocycles. The number of aromatic nitrogens is 1. The molecule has 0 radical (unpaired) electrons. The van der Waals surface area contributed by atoms with Gasteiger partial charge in [-0.25, -0.2) is 4.79 Å². The smallest absolute Gasteiger partial charge is 0.337 e. The lowest BCUT2D eigenvalue weighted by molar-refractivity contribution is 0.0696. The number of carboxylic acids is 1. The molecule has 0 unspecified atom stereocenters. The lowest BCUT2D eigenvalue weighted by Gasteiger charge is -2.19. The second-order valence-corrected chi connectivity index (χ2v) is 4.33. The molecule has 0 saturated carbocycles. The number of aromatic carboxylic acids is 1. The van der Waals surface area contributed by atoms with Crippen LogP contribution in [0, 0.1) is 11.3 Å². The summed E-state index contributed by atoms with van der Waals surface area (Å²) in [5, 5.41) is 17.9. The van der Waals surface area contributed by atoms with Gasteiger partial charge in [0, 0.05) is 13.2 Å². The van der Waals surface area contributed by atoms with Gasteiger partial charge in [-0.15, -0.1) is 0 Å². The quantitative estimate of drug-likeness (QED) is 0.919. The minimum Gasteiger partial charge on any atom is -0.478 e. The molecule has 5 nitrogen and oxygen atoms in total. The minimum absolute atomic E-state index is 0.161. The first-order valence-electron chi connectivity index (χ1n) is 6.00. The normalized spacial score (nSPS) is 9.80. The van der Waals surface area contributed by atoms with Crippen molar-refractivity contribution in [3.8, 4) is 6.07 Å². The van der Waals surface area contributed by atoms with Crippen molar-refractivity contribution in [2.24, 2.45) is 0 Å². The first-order chi connectivity index (χ1) is 9.61. The number of carbonyl (C=O) groups is 1. The van der Waals surface area contributed by atoms with E-state index in [2.05, 4.69) is 11.1 Å². The van der Waals surface area contributed by atoms with E-state index in [1.54, 1.807) is 12.1 Å². The highest BCUT2D eigenvalue weighted by molar-refractivity contribution is 5.87. The maximum absolute atomic E-state index is 10.8. The van der Waals surface area contributed by atoms with Crippen molar-refractivity contribution in [2.45, 2.75) is 6.54 Å². The van der Waals surface area contributed by atoms with Gasteiger partial charge in [-0.05, 0) is 24.3 Å². The molecule has 2 aromatic rings. The lowest BCUT2D eigenvalue weighted by atomic mass is 10.1. The highest BCUT2D eigenvalue weighted by Gasteiger charge is 2.09. The Morgan fingerprint density at radius 3 is 2.70 bits per heavy atom. The van der Waals surface area contributed by atoms with Crippen LogP contribution < -0.4 is 4.90 Å². The van der Waals surface area contributed by atoms with Crippen LogP contribution in [0.5, 0.6) is 0 Å². The van der Waals surface area contributed by atoms with E-state index in [9.17, 15) is 4.79 Å². The summed E-state index contributed by atoms with van der Waals surface area (Å²) in [6.45, 7) is 0.499. The van der Waals surface area contributed by atoms with Crippen LogP contribution in [0.2, 0.25) is 0 Å². The molecule has 2 rings (SSSR count). The number of para-hydroxylation sites is 1. The van der Waals surface area contributed by atoms with E-state index in [4.69, 9.17) is 10.4 Å². The van der Waals surface area contributed by atoms with Crippen LogP contribution >= 0.6 is 0 Å². The summed E-state index contributed by atoms with van der Waals surface area (Å²) >= 11 is 0. The molecule has 0 fully saturated rings. The lowest BCUT2D eigenvalue weighted by Crippen LogP contribution is -2.18. The van der Waals surface area contributed by atoms with Crippen molar-refractivity contribution in [3.63, 3.8) is 0 Å². The Labute approximate surface area is 116 Å². The van der Waals surface area contributed by atoms with Crippen LogP contribution in [-0.2, 0) is 6.54 Å². The molecule has 0 atom stereocenters. The molecule has 20 heavy (non-hydrogen) atoms. The monoisotopic (exact) mass is 267 g/mol. The highest BCUT2D eigenvalue weighted by atomic mass is 16.4. The molecule has 1 N–H and O–H groups in total. The van der Waals surface area contributed by atoms with Crippen LogP contribution in [0.25, 0.3) is 0 Å². The van der Waals surface area contributed by atoms with Crippen LogP contribution in [0.4, 0.5) is 5.69 Å². The largest absolute Gasteiger partial charge is 0.478 e. The van der Waals surface area contributed by atoms with Gasteiger partial charge in [-0.2, -0.15) is 5.26 Å². The van der Waals surface area contributed by atoms with Gasteiger partial charge in [0.1, 0.15) is 6.07 Å². The van der Waals surface area contributed by atoms with Gasteiger partial charge in [0.15, 0.2) is 0 Å². The van der Waals surface area contributed by atoms with E-state index in [1.807, 2.05) is 30.1 Å². The van der Waals surface area contributed by atoms with Crippen molar-refractivity contribution in [1.82, 2.24) is 4.98 Å². The number of nitriles is 1. The fraction of sp³-hybridized carbons (Fsp3) is 0.133. The van der Waals surface area contributed by atoms with Crippen LogP contribution in [0.1, 0.15) is 21.6 Å². The predicted octanol–water partition coefficient (Wildman–Crippen LogP) is 2.29. The second-order valence-electron chi connectivity index (χ2n) is 4.33. The molecular formula is C15H13N3O2. The Bertz CT molecular complexity index is 660. The third-order valence-electron chi connectivity index (χ3n) is 2.91. The van der Waals surface area contributed by atoms with E-state index in [1.165, 1.54) is 12.3 Å². The molecule has 1 aromatic carbocycles.